The van der Waals surface area contributed by atoms with Crippen LogP contribution in [0.3, 0.4) is 0 Å². The lowest BCUT2D eigenvalue weighted by Gasteiger charge is -2.26. The average molecular weight is 630 g/mol. The first-order chi connectivity index (χ1) is 20.6. The van der Waals surface area contributed by atoms with Gasteiger partial charge in [-0.25, -0.2) is 9.59 Å². The molecule has 0 aromatic heterocycles. The zero-order chi connectivity index (χ0) is 33.7. The standard InChI is InChI=1S/C27H47N7O10/c1-17(2)14-20(34-26(41)44-27(3,4)5)24(38)33-18(10-6-8-12-30-42)23(37)29-15-21(35)28-16-22(36)32-19(25(39)40)11-7-9-13-31-43/h17-20H,6-16H2,1-5H3,(H,28,35)(H,29,37)(H,32,36)(H,33,38)(H,34,41)(H,39,40)/t18-,19+,20+/m1/s1. The summed E-state index contributed by atoms with van der Waals surface area (Å²) in [4.78, 5) is 94.7. The topological polar surface area (TPSA) is 251 Å². The number of nitrogens with zero attached hydrogens (tertiary/aromatic N) is 2. The van der Waals surface area contributed by atoms with E-state index in [4.69, 9.17) is 4.74 Å². The molecule has 0 fully saturated rings. The van der Waals surface area contributed by atoms with Crippen molar-refractivity contribution in [3.63, 3.8) is 0 Å². The largest absolute Gasteiger partial charge is 0.480 e. The molecule has 0 radical (unpaired) electrons. The molecule has 0 aliphatic heterocycles. The maximum Gasteiger partial charge on any atom is 0.408 e. The van der Waals surface area contributed by atoms with Crippen molar-refractivity contribution in [1.82, 2.24) is 26.6 Å². The fraction of sp³-hybridized carbons (Fsp3) is 0.778. The Morgan fingerprint density at radius 2 is 1.25 bits per heavy atom. The maximum atomic E-state index is 13.1. The summed E-state index contributed by atoms with van der Waals surface area (Å²) in [5.41, 5.74) is -0.799. The van der Waals surface area contributed by atoms with Crippen LogP contribution in [0.25, 0.3) is 0 Å². The van der Waals surface area contributed by atoms with Crippen molar-refractivity contribution in [3.05, 3.63) is 9.81 Å². The van der Waals surface area contributed by atoms with Gasteiger partial charge in [-0.1, -0.05) is 24.2 Å². The van der Waals surface area contributed by atoms with Crippen LogP contribution in [0.5, 0.6) is 0 Å². The molecule has 0 aromatic carbocycles. The third-order valence-corrected chi connectivity index (χ3v) is 5.83. The van der Waals surface area contributed by atoms with Gasteiger partial charge in [-0.05, 0) is 71.6 Å². The first kappa shape index (κ1) is 39.8. The van der Waals surface area contributed by atoms with Crippen molar-refractivity contribution < 1.29 is 38.6 Å². The van der Waals surface area contributed by atoms with E-state index in [0.717, 1.165) is 0 Å². The molecule has 0 heterocycles. The van der Waals surface area contributed by atoms with Gasteiger partial charge < -0.3 is 36.4 Å². The number of carbonyl (C=O) groups is 6. The SMILES string of the molecule is CC(C)C[C@H](NC(=O)OC(C)(C)C)C(=O)N[C@H](CCCCN=O)C(=O)NCC(=O)NCC(=O)N[C@@H](CCCCN=O)C(=O)O. The van der Waals surface area contributed by atoms with Crippen LogP contribution in [0, 0.1) is 15.7 Å². The van der Waals surface area contributed by atoms with Crippen LogP contribution in [0.4, 0.5) is 4.79 Å². The second kappa shape index (κ2) is 21.5. The van der Waals surface area contributed by atoms with Crippen LogP contribution in [0.1, 0.15) is 79.6 Å². The number of unbranched alkanes of at least 4 members (excludes halogenated alkanes) is 2. The van der Waals surface area contributed by atoms with E-state index in [2.05, 4.69) is 36.9 Å². The van der Waals surface area contributed by atoms with E-state index in [9.17, 15) is 43.7 Å². The van der Waals surface area contributed by atoms with Crippen molar-refractivity contribution in [2.45, 2.75) is 103 Å². The highest BCUT2D eigenvalue weighted by Gasteiger charge is 2.29. The van der Waals surface area contributed by atoms with E-state index in [1.54, 1.807) is 20.8 Å². The van der Waals surface area contributed by atoms with Gasteiger partial charge in [0.05, 0.1) is 26.2 Å². The number of amides is 5. The summed E-state index contributed by atoms with van der Waals surface area (Å²) in [6.45, 7) is 7.65. The van der Waals surface area contributed by atoms with Crippen LogP contribution in [-0.4, -0.2) is 90.7 Å². The molecule has 250 valence electrons. The summed E-state index contributed by atoms with van der Waals surface area (Å²) in [6.07, 6.45) is 1.04. The molecule has 0 spiro atoms. The predicted octanol–water partition coefficient (Wildman–Crippen LogP) is 1.09. The molecule has 0 aromatic rings. The molecular formula is C27H47N7O10. The average Bonchev–Trinajstić information content (AvgIpc) is 2.91. The summed E-state index contributed by atoms with van der Waals surface area (Å²) in [5, 5.41) is 26.8. The highest BCUT2D eigenvalue weighted by molar-refractivity contribution is 5.93. The molecule has 0 bridgehead atoms. The molecule has 0 saturated heterocycles. The molecule has 17 nitrogen and oxygen atoms in total. The number of ether oxygens (including phenoxy) is 1. The molecular weight excluding hydrogens is 582 g/mol. The molecule has 0 rings (SSSR count). The maximum absolute atomic E-state index is 13.1. The van der Waals surface area contributed by atoms with Gasteiger partial charge in [0, 0.05) is 0 Å². The van der Waals surface area contributed by atoms with Crippen LogP contribution in [0.2, 0.25) is 0 Å². The van der Waals surface area contributed by atoms with Gasteiger partial charge in [-0.2, -0.15) is 9.81 Å². The van der Waals surface area contributed by atoms with Crippen LogP contribution in [-0.2, 0) is 28.7 Å². The van der Waals surface area contributed by atoms with Gasteiger partial charge in [0.1, 0.15) is 23.7 Å². The molecule has 0 aliphatic rings. The van der Waals surface area contributed by atoms with E-state index in [0.29, 0.717) is 25.7 Å². The Balaban J connectivity index is 5.17. The number of carboxylic acid groups (broad SMARTS) is 1. The lowest BCUT2D eigenvalue weighted by atomic mass is 10.0. The van der Waals surface area contributed by atoms with Gasteiger partial charge in [0.15, 0.2) is 0 Å². The molecule has 3 atom stereocenters. The monoisotopic (exact) mass is 629 g/mol. The van der Waals surface area contributed by atoms with Crippen LogP contribution < -0.4 is 26.6 Å². The highest BCUT2D eigenvalue weighted by atomic mass is 16.6. The third-order valence-electron chi connectivity index (χ3n) is 5.83. The number of carbonyl (C=O) groups excluding carboxylic acids is 5. The van der Waals surface area contributed by atoms with Gasteiger partial charge in [-0.15, -0.1) is 0 Å². The van der Waals surface area contributed by atoms with Crippen molar-refractivity contribution in [2.24, 2.45) is 16.3 Å². The minimum Gasteiger partial charge on any atom is -0.480 e. The Hall–Kier alpha value is -4.18. The van der Waals surface area contributed by atoms with E-state index < -0.39 is 72.5 Å². The van der Waals surface area contributed by atoms with Crippen LogP contribution >= 0.6 is 0 Å². The normalized spacial score (nSPS) is 13.0. The minimum absolute atomic E-state index is 0.00179. The highest BCUT2D eigenvalue weighted by Crippen LogP contribution is 2.11. The summed E-state index contributed by atoms with van der Waals surface area (Å²) in [7, 11) is 0. The molecule has 0 aliphatic carbocycles. The smallest absolute Gasteiger partial charge is 0.408 e. The number of aliphatic carboxylic acids is 1. The van der Waals surface area contributed by atoms with Crippen molar-refractivity contribution in [3.8, 4) is 0 Å². The van der Waals surface area contributed by atoms with E-state index in [1.807, 2.05) is 13.8 Å². The third kappa shape index (κ3) is 19.9. The number of alkyl carbamates (subject to hydrolysis) is 1. The lowest BCUT2D eigenvalue weighted by Crippen LogP contribution is -2.55. The quantitative estimate of drug-likeness (QED) is 0.0734. The van der Waals surface area contributed by atoms with E-state index >= 15 is 0 Å². The molecule has 0 saturated carbocycles. The van der Waals surface area contributed by atoms with Crippen molar-refractivity contribution in [1.29, 1.82) is 0 Å². The number of nitroso groups, excluding NO2 is 2. The summed E-state index contributed by atoms with van der Waals surface area (Å²) in [5.74, 6) is -4.16. The number of rotatable bonds is 22. The summed E-state index contributed by atoms with van der Waals surface area (Å²) < 4.78 is 5.24. The summed E-state index contributed by atoms with van der Waals surface area (Å²) in [6, 6.07) is -3.35. The number of nitrogens with one attached hydrogen (secondary N) is 5. The van der Waals surface area contributed by atoms with Crippen molar-refractivity contribution >= 4 is 35.7 Å². The van der Waals surface area contributed by atoms with Gasteiger partial charge in [0.25, 0.3) is 0 Å². The van der Waals surface area contributed by atoms with Gasteiger partial charge >= 0.3 is 12.1 Å². The first-order valence-corrected chi connectivity index (χ1v) is 14.5. The molecule has 17 heteroatoms. The molecule has 44 heavy (non-hydrogen) atoms. The molecule has 0 unspecified atom stereocenters. The molecule has 6 N–H and O–H groups in total. The zero-order valence-electron chi connectivity index (χ0n) is 26.1. The Bertz CT molecular complexity index is 985. The zero-order valence-corrected chi connectivity index (χ0v) is 26.1. The van der Waals surface area contributed by atoms with Crippen molar-refractivity contribution in [2.75, 3.05) is 26.2 Å². The first-order valence-electron chi connectivity index (χ1n) is 14.5. The molecule has 5 amide bonds. The fourth-order valence-corrected chi connectivity index (χ4v) is 3.78. The summed E-state index contributed by atoms with van der Waals surface area (Å²) >= 11 is 0. The fourth-order valence-electron chi connectivity index (χ4n) is 3.78. The Kier molecular flexibility index (Phi) is 19.5. The Morgan fingerprint density at radius 3 is 1.75 bits per heavy atom. The predicted molar refractivity (Wildman–Crippen MR) is 159 cm³/mol. The van der Waals surface area contributed by atoms with Gasteiger partial charge in [0.2, 0.25) is 23.6 Å². The Morgan fingerprint density at radius 1 is 0.705 bits per heavy atom. The van der Waals surface area contributed by atoms with E-state index in [-0.39, 0.29) is 38.3 Å². The Labute approximate surface area is 256 Å². The lowest BCUT2D eigenvalue weighted by molar-refractivity contribution is -0.142. The van der Waals surface area contributed by atoms with E-state index in [1.165, 1.54) is 0 Å². The minimum atomic E-state index is -1.27. The van der Waals surface area contributed by atoms with Gasteiger partial charge in [-0.3, -0.25) is 19.2 Å². The number of hydrogen-bond donors (Lipinski definition) is 6. The number of hydrogen-bond acceptors (Lipinski definition) is 11. The second-order valence-electron chi connectivity index (χ2n) is 11.5. The number of carboxylic acids is 1. The van der Waals surface area contributed by atoms with Crippen LogP contribution in [0.15, 0.2) is 10.4 Å². The second-order valence-corrected chi connectivity index (χ2v) is 11.5.